The van der Waals surface area contributed by atoms with Gasteiger partial charge in [0.1, 0.15) is 22.6 Å². The summed E-state index contributed by atoms with van der Waals surface area (Å²) in [7, 11) is 1.59. The van der Waals surface area contributed by atoms with E-state index in [0.29, 0.717) is 28.5 Å². The van der Waals surface area contributed by atoms with Crippen LogP contribution in [0, 0.1) is 5.92 Å². The van der Waals surface area contributed by atoms with E-state index in [9.17, 15) is 4.79 Å². The Morgan fingerprint density at radius 2 is 2.20 bits per heavy atom. The highest BCUT2D eigenvalue weighted by Crippen LogP contribution is 2.28. The van der Waals surface area contributed by atoms with Crippen molar-refractivity contribution >= 4 is 28.4 Å². The van der Waals surface area contributed by atoms with E-state index in [1.807, 2.05) is 23.1 Å². The number of rotatable bonds is 2. The average molecular weight is 339 g/mol. The number of methoxy groups -OCH3 is 1. The molecule has 0 radical (unpaired) electrons. The minimum atomic E-state index is -0.0503. The number of likely N-dealkylation sites (tertiary alicyclic amines) is 1. The first-order valence-corrected chi connectivity index (χ1v) is 8.49. The van der Waals surface area contributed by atoms with Gasteiger partial charge < -0.3 is 15.4 Å². The normalized spacial score (nSPS) is 18.0. The molecule has 1 saturated heterocycles. The molecular formula is C18H21N5O2. The molecule has 1 unspecified atom stereocenters. The van der Waals surface area contributed by atoms with Crippen LogP contribution in [0.1, 0.15) is 30.3 Å². The molecule has 3 heterocycles. The first-order chi connectivity index (χ1) is 12.1. The number of fused-ring (bicyclic) bond motifs is 3. The molecule has 1 fully saturated rings. The van der Waals surface area contributed by atoms with Gasteiger partial charge in [-0.05, 0) is 30.9 Å². The van der Waals surface area contributed by atoms with Gasteiger partial charge in [0.2, 0.25) is 5.95 Å². The van der Waals surface area contributed by atoms with Gasteiger partial charge >= 0.3 is 0 Å². The Balaban J connectivity index is 1.83. The van der Waals surface area contributed by atoms with E-state index in [0.717, 1.165) is 31.3 Å². The van der Waals surface area contributed by atoms with Crippen LogP contribution >= 0.6 is 0 Å². The molecule has 0 aliphatic carbocycles. The number of carbonyl (C=O) groups is 1. The van der Waals surface area contributed by atoms with Crippen molar-refractivity contribution < 1.29 is 9.53 Å². The number of ether oxygens (including phenoxy) is 1. The Kier molecular flexibility index (Phi) is 3.71. The molecule has 2 N–H and O–H groups in total. The van der Waals surface area contributed by atoms with Crippen LogP contribution in [0.3, 0.4) is 0 Å². The van der Waals surface area contributed by atoms with Gasteiger partial charge in [-0.25, -0.2) is 9.97 Å². The van der Waals surface area contributed by atoms with E-state index in [4.69, 9.17) is 10.5 Å². The first-order valence-electron chi connectivity index (χ1n) is 8.49. The Morgan fingerprint density at radius 1 is 1.36 bits per heavy atom. The number of aromatic nitrogens is 3. The number of benzene rings is 1. The zero-order valence-electron chi connectivity index (χ0n) is 14.4. The molecule has 1 amide bonds. The van der Waals surface area contributed by atoms with Gasteiger partial charge in [0.15, 0.2) is 0 Å². The van der Waals surface area contributed by atoms with Crippen molar-refractivity contribution in [2.24, 2.45) is 5.92 Å². The summed E-state index contributed by atoms with van der Waals surface area (Å²) in [5, 5.41) is 0.805. The summed E-state index contributed by atoms with van der Waals surface area (Å²) in [6, 6.07) is 5.61. The number of piperidine rings is 1. The van der Waals surface area contributed by atoms with E-state index in [-0.39, 0.29) is 11.9 Å². The molecule has 0 bridgehead atoms. The van der Waals surface area contributed by atoms with Crippen LogP contribution in [-0.2, 0) is 0 Å². The van der Waals surface area contributed by atoms with Crippen LogP contribution in [0.5, 0.6) is 5.75 Å². The second kappa shape index (κ2) is 5.91. The molecule has 7 nitrogen and oxygen atoms in total. The lowest BCUT2D eigenvalue weighted by Crippen LogP contribution is -2.39. The quantitative estimate of drug-likeness (QED) is 0.774. The van der Waals surface area contributed by atoms with Crippen molar-refractivity contribution in [3.63, 3.8) is 0 Å². The van der Waals surface area contributed by atoms with Crippen LogP contribution in [0.25, 0.3) is 16.6 Å². The molecule has 3 aromatic rings. The molecule has 1 aromatic carbocycles. The van der Waals surface area contributed by atoms with Gasteiger partial charge in [-0.3, -0.25) is 9.20 Å². The number of hydrogen-bond donors (Lipinski definition) is 1. The smallest absolute Gasteiger partial charge is 0.274 e. The molecule has 130 valence electrons. The van der Waals surface area contributed by atoms with Crippen LogP contribution in [0.15, 0.2) is 24.4 Å². The Bertz CT molecular complexity index is 965. The fourth-order valence-corrected chi connectivity index (χ4v) is 3.54. The fraction of sp³-hybridized carbons (Fsp3) is 0.389. The maximum Gasteiger partial charge on any atom is 0.274 e. The minimum Gasteiger partial charge on any atom is -0.494 e. The van der Waals surface area contributed by atoms with Crippen LogP contribution in [0.2, 0.25) is 0 Å². The zero-order chi connectivity index (χ0) is 17.6. The fourth-order valence-electron chi connectivity index (χ4n) is 3.54. The van der Waals surface area contributed by atoms with E-state index in [1.54, 1.807) is 17.7 Å². The average Bonchev–Trinajstić information content (AvgIpc) is 3.07. The Labute approximate surface area is 145 Å². The third-order valence-electron chi connectivity index (χ3n) is 4.80. The number of anilines is 1. The third kappa shape index (κ3) is 2.56. The third-order valence-corrected chi connectivity index (χ3v) is 4.80. The number of amides is 1. The maximum absolute atomic E-state index is 12.8. The van der Waals surface area contributed by atoms with Crippen molar-refractivity contribution in [1.29, 1.82) is 0 Å². The molecule has 0 saturated carbocycles. The topological polar surface area (TPSA) is 85.8 Å². The van der Waals surface area contributed by atoms with E-state index in [1.165, 1.54) is 0 Å². The summed E-state index contributed by atoms with van der Waals surface area (Å²) in [6.07, 6.45) is 3.87. The Hall–Kier alpha value is -2.83. The number of nitrogens with two attached hydrogens (primary N) is 1. The number of carbonyl (C=O) groups excluding carboxylic acids is 1. The summed E-state index contributed by atoms with van der Waals surface area (Å²) in [5.74, 6) is 1.38. The lowest BCUT2D eigenvalue weighted by Gasteiger charge is -2.30. The SMILES string of the molecule is COc1cccc2c1nc(N)n1cc(C(=O)N3CCCC(C)C3)nc21. The monoisotopic (exact) mass is 339 g/mol. The van der Waals surface area contributed by atoms with E-state index >= 15 is 0 Å². The maximum atomic E-state index is 12.8. The molecule has 0 spiro atoms. The van der Waals surface area contributed by atoms with Crippen molar-refractivity contribution in [3.05, 3.63) is 30.1 Å². The molecule has 1 aliphatic rings. The summed E-state index contributed by atoms with van der Waals surface area (Å²) in [6.45, 7) is 3.72. The first kappa shape index (κ1) is 15.7. The molecule has 1 atom stereocenters. The number of hydrogen-bond acceptors (Lipinski definition) is 5. The molecule has 1 aliphatic heterocycles. The highest BCUT2D eigenvalue weighted by atomic mass is 16.5. The molecular weight excluding hydrogens is 318 g/mol. The van der Waals surface area contributed by atoms with Crippen molar-refractivity contribution in [2.75, 3.05) is 25.9 Å². The zero-order valence-corrected chi connectivity index (χ0v) is 14.4. The second-order valence-corrected chi connectivity index (χ2v) is 6.64. The van der Waals surface area contributed by atoms with Gasteiger partial charge in [-0.2, -0.15) is 0 Å². The molecule has 25 heavy (non-hydrogen) atoms. The van der Waals surface area contributed by atoms with Gasteiger partial charge in [0.05, 0.1) is 7.11 Å². The predicted octanol–water partition coefficient (Wildman–Crippen LogP) is 2.35. The lowest BCUT2D eigenvalue weighted by atomic mass is 10.0. The summed E-state index contributed by atoms with van der Waals surface area (Å²) < 4.78 is 7.03. The van der Waals surface area contributed by atoms with Crippen molar-refractivity contribution in [3.8, 4) is 5.75 Å². The van der Waals surface area contributed by atoms with E-state index < -0.39 is 0 Å². The van der Waals surface area contributed by atoms with Crippen LogP contribution in [-0.4, -0.2) is 45.4 Å². The molecule has 7 heteroatoms. The minimum absolute atomic E-state index is 0.0503. The largest absolute Gasteiger partial charge is 0.494 e. The van der Waals surface area contributed by atoms with Crippen molar-refractivity contribution in [2.45, 2.75) is 19.8 Å². The molecule has 2 aromatic heterocycles. The Morgan fingerprint density at radius 3 is 2.96 bits per heavy atom. The highest BCUT2D eigenvalue weighted by molar-refractivity contribution is 5.99. The van der Waals surface area contributed by atoms with Gasteiger partial charge in [-0.1, -0.05) is 13.0 Å². The van der Waals surface area contributed by atoms with Crippen LogP contribution in [0.4, 0.5) is 5.95 Å². The predicted molar refractivity (Wildman–Crippen MR) is 95.8 cm³/mol. The number of nitrogens with zero attached hydrogens (tertiary/aromatic N) is 4. The van der Waals surface area contributed by atoms with Crippen LogP contribution < -0.4 is 10.5 Å². The van der Waals surface area contributed by atoms with Gasteiger partial charge in [0, 0.05) is 24.7 Å². The molecule has 4 rings (SSSR count). The second-order valence-electron chi connectivity index (χ2n) is 6.64. The van der Waals surface area contributed by atoms with Gasteiger partial charge in [0.25, 0.3) is 5.91 Å². The summed E-state index contributed by atoms with van der Waals surface area (Å²) in [5.41, 5.74) is 7.76. The standard InChI is InChI=1S/C18H21N5O2/c1-11-5-4-8-22(9-11)17(24)13-10-23-16(20-13)12-6-3-7-14(25-2)15(12)21-18(23)19/h3,6-7,10-11H,4-5,8-9H2,1-2H3,(H2,19,21). The van der Waals surface area contributed by atoms with E-state index in [2.05, 4.69) is 16.9 Å². The number of imidazole rings is 1. The number of para-hydroxylation sites is 1. The van der Waals surface area contributed by atoms with Crippen molar-refractivity contribution in [1.82, 2.24) is 19.3 Å². The summed E-state index contributed by atoms with van der Waals surface area (Å²) in [4.78, 5) is 23.7. The summed E-state index contributed by atoms with van der Waals surface area (Å²) >= 11 is 0. The highest BCUT2D eigenvalue weighted by Gasteiger charge is 2.25. The van der Waals surface area contributed by atoms with Gasteiger partial charge in [-0.15, -0.1) is 0 Å². The lowest BCUT2D eigenvalue weighted by molar-refractivity contribution is 0.0678. The number of nitrogen functional groups attached to an aromatic ring is 1.